The number of nitrogen functional groups attached to an aromatic ring is 1. The Kier molecular flexibility index (Phi) is 4.36. The van der Waals surface area contributed by atoms with Crippen molar-refractivity contribution in [2.75, 3.05) is 25.9 Å². The van der Waals surface area contributed by atoms with Gasteiger partial charge in [-0.3, -0.25) is 0 Å². The van der Waals surface area contributed by atoms with Gasteiger partial charge in [0.05, 0.1) is 16.8 Å². The maximum absolute atomic E-state index is 13.1. The first kappa shape index (κ1) is 18.8. The summed E-state index contributed by atoms with van der Waals surface area (Å²) < 4.78 is 29.0. The zero-order valence-corrected chi connectivity index (χ0v) is 16.5. The van der Waals surface area contributed by atoms with E-state index in [1.165, 1.54) is 10.6 Å². The number of imidazole rings is 1. The summed E-state index contributed by atoms with van der Waals surface area (Å²) >= 11 is 0. The highest BCUT2D eigenvalue weighted by Crippen LogP contribution is 2.46. The van der Waals surface area contributed by atoms with Gasteiger partial charge < -0.3 is 10.8 Å². The lowest BCUT2D eigenvalue weighted by atomic mass is 10.1. The van der Waals surface area contributed by atoms with Crippen LogP contribution in [-0.2, 0) is 10.0 Å². The third-order valence-electron chi connectivity index (χ3n) is 5.37. The minimum absolute atomic E-state index is 0.00501. The van der Waals surface area contributed by atoms with Gasteiger partial charge in [0.1, 0.15) is 6.33 Å². The minimum Gasteiger partial charge on any atom is -0.396 e. The standard InChI is InChI=1S/C18H22N6O3S/c1-12-3-4-13(28(26,27)23(2)9-18(10-25)5-6-18)7-14(12)15-8-20-17-16(19)21-11-22-24(15)17/h3-4,7-8,11,25H,5-6,9-10H2,1-2H3,(H2,19,21,22). The number of hydrogen-bond donors (Lipinski definition) is 2. The van der Waals surface area contributed by atoms with Gasteiger partial charge in [0.2, 0.25) is 10.0 Å². The highest BCUT2D eigenvalue weighted by atomic mass is 32.2. The number of aliphatic hydroxyl groups excluding tert-OH is 1. The summed E-state index contributed by atoms with van der Waals surface area (Å²) in [5, 5.41) is 13.7. The van der Waals surface area contributed by atoms with Gasteiger partial charge in [-0.15, -0.1) is 0 Å². The first-order valence-corrected chi connectivity index (χ1v) is 10.3. The van der Waals surface area contributed by atoms with E-state index in [2.05, 4.69) is 15.1 Å². The molecule has 1 aliphatic rings. The maximum atomic E-state index is 13.1. The zero-order valence-electron chi connectivity index (χ0n) is 15.7. The Morgan fingerprint density at radius 1 is 1.32 bits per heavy atom. The molecule has 1 aliphatic carbocycles. The molecule has 28 heavy (non-hydrogen) atoms. The number of fused-ring (bicyclic) bond motifs is 1. The smallest absolute Gasteiger partial charge is 0.242 e. The number of rotatable bonds is 6. The van der Waals surface area contributed by atoms with Crippen LogP contribution in [-0.4, -0.2) is 57.6 Å². The number of hydrogen-bond acceptors (Lipinski definition) is 7. The molecule has 148 valence electrons. The van der Waals surface area contributed by atoms with Crippen LogP contribution >= 0.6 is 0 Å². The van der Waals surface area contributed by atoms with Gasteiger partial charge >= 0.3 is 0 Å². The Bertz CT molecular complexity index is 1150. The molecule has 3 N–H and O–H groups in total. The average Bonchev–Trinajstić information content (AvgIpc) is 3.31. The first-order chi connectivity index (χ1) is 13.3. The molecule has 9 nitrogen and oxygen atoms in total. The van der Waals surface area contributed by atoms with Crippen molar-refractivity contribution in [1.82, 2.24) is 23.9 Å². The number of aromatic nitrogens is 4. The fourth-order valence-electron chi connectivity index (χ4n) is 3.34. The topological polar surface area (TPSA) is 127 Å². The molecule has 0 saturated heterocycles. The van der Waals surface area contributed by atoms with Crippen LogP contribution in [0.2, 0.25) is 0 Å². The Morgan fingerprint density at radius 2 is 2.07 bits per heavy atom. The van der Waals surface area contributed by atoms with Crippen LogP contribution in [0.1, 0.15) is 18.4 Å². The van der Waals surface area contributed by atoms with Gasteiger partial charge in [0.15, 0.2) is 11.5 Å². The largest absolute Gasteiger partial charge is 0.396 e. The van der Waals surface area contributed by atoms with Crippen LogP contribution in [0.5, 0.6) is 0 Å². The number of sulfonamides is 1. The number of nitrogens with zero attached hydrogens (tertiary/aromatic N) is 5. The third-order valence-corrected chi connectivity index (χ3v) is 7.17. The van der Waals surface area contributed by atoms with Crippen LogP contribution in [0.25, 0.3) is 16.9 Å². The Labute approximate surface area is 162 Å². The molecule has 0 amide bonds. The van der Waals surface area contributed by atoms with Gasteiger partial charge in [0.25, 0.3) is 0 Å². The van der Waals surface area contributed by atoms with Crippen LogP contribution in [0.15, 0.2) is 35.6 Å². The molecule has 0 radical (unpaired) electrons. The second kappa shape index (κ2) is 6.50. The lowest BCUT2D eigenvalue weighted by Gasteiger charge is -2.22. The summed E-state index contributed by atoms with van der Waals surface area (Å²) in [7, 11) is -2.15. The van der Waals surface area contributed by atoms with Crippen molar-refractivity contribution in [3.63, 3.8) is 0 Å². The Balaban J connectivity index is 1.75. The second-order valence-electron chi connectivity index (χ2n) is 7.42. The van der Waals surface area contributed by atoms with Crippen molar-refractivity contribution in [2.45, 2.75) is 24.7 Å². The van der Waals surface area contributed by atoms with Crippen LogP contribution in [0, 0.1) is 12.3 Å². The van der Waals surface area contributed by atoms with Crippen molar-refractivity contribution in [1.29, 1.82) is 0 Å². The molecule has 1 saturated carbocycles. The van der Waals surface area contributed by atoms with Gasteiger partial charge in [-0.05, 0) is 37.5 Å². The van der Waals surface area contributed by atoms with E-state index in [0.717, 1.165) is 18.4 Å². The first-order valence-electron chi connectivity index (χ1n) is 8.90. The van der Waals surface area contributed by atoms with E-state index >= 15 is 0 Å². The van der Waals surface area contributed by atoms with Crippen LogP contribution in [0.4, 0.5) is 5.82 Å². The van der Waals surface area contributed by atoms with E-state index in [4.69, 9.17) is 5.73 Å². The van der Waals surface area contributed by atoms with Gasteiger partial charge in [0, 0.05) is 31.2 Å². The predicted octanol–water partition coefficient (Wildman–Crippen LogP) is 1.07. The highest BCUT2D eigenvalue weighted by molar-refractivity contribution is 7.89. The normalized spacial score (nSPS) is 16.0. The minimum atomic E-state index is -3.70. The van der Waals surface area contributed by atoms with Crippen molar-refractivity contribution in [3.8, 4) is 11.3 Å². The average molecular weight is 402 g/mol. The van der Waals surface area contributed by atoms with Crippen LogP contribution < -0.4 is 5.73 Å². The number of nitrogens with two attached hydrogens (primary N) is 1. The quantitative estimate of drug-likeness (QED) is 0.631. The zero-order chi connectivity index (χ0) is 20.1. The second-order valence-corrected chi connectivity index (χ2v) is 9.46. The summed E-state index contributed by atoms with van der Waals surface area (Å²) in [6, 6.07) is 4.98. The van der Waals surface area contributed by atoms with E-state index < -0.39 is 10.0 Å². The van der Waals surface area contributed by atoms with E-state index in [1.807, 2.05) is 6.92 Å². The molecule has 10 heteroatoms. The molecule has 0 spiro atoms. The molecular weight excluding hydrogens is 380 g/mol. The molecule has 1 fully saturated rings. The Hall–Kier alpha value is -2.56. The molecule has 4 rings (SSSR count). The maximum Gasteiger partial charge on any atom is 0.242 e. The van der Waals surface area contributed by atoms with Crippen molar-refractivity contribution in [3.05, 3.63) is 36.3 Å². The fourth-order valence-corrected chi connectivity index (χ4v) is 4.65. The highest BCUT2D eigenvalue weighted by Gasteiger charge is 2.44. The third kappa shape index (κ3) is 3.03. The molecule has 3 aromatic rings. The summed E-state index contributed by atoms with van der Waals surface area (Å²) in [5.41, 5.74) is 8.18. The van der Waals surface area contributed by atoms with E-state index in [-0.39, 0.29) is 22.7 Å². The van der Waals surface area contributed by atoms with Crippen molar-refractivity contribution < 1.29 is 13.5 Å². The molecule has 1 aromatic carbocycles. The Morgan fingerprint density at radius 3 is 2.75 bits per heavy atom. The van der Waals surface area contributed by atoms with Gasteiger partial charge in [-0.2, -0.15) is 5.10 Å². The summed E-state index contributed by atoms with van der Waals surface area (Å²) in [6.45, 7) is 2.19. The number of benzene rings is 1. The number of anilines is 1. The summed E-state index contributed by atoms with van der Waals surface area (Å²) in [5.74, 6) is 0.251. The molecule has 2 aromatic heterocycles. The molecule has 0 unspecified atom stereocenters. The fraction of sp³-hybridized carbons (Fsp3) is 0.389. The SMILES string of the molecule is Cc1ccc(S(=O)(=O)N(C)CC2(CO)CC2)cc1-c1cnc2c(N)ncnn12. The van der Waals surface area contributed by atoms with E-state index in [1.54, 1.807) is 36.0 Å². The van der Waals surface area contributed by atoms with Crippen LogP contribution in [0.3, 0.4) is 0 Å². The molecular formula is C18H22N6O3S. The van der Waals surface area contributed by atoms with Gasteiger partial charge in [-0.1, -0.05) is 6.07 Å². The van der Waals surface area contributed by atoms with E-state index in [0.29, 0.717) is 23.4 Å². The molecule has 0 aliphatic heterocycles. The van der Waals surface area contributed by atoms with Crippen molar-refractivity contribution in [2.24, 2.45) is 5.41 Å². The number of aliphatic hydroxyl groups is 1. The molecule has 0 atom stereocenters. The molecule has 2 heterocycles. The number of aryl methyl sites for hydroxylation is 1. The van der Waals surface area contributed by atoms with Crippen molar-refractivity contribution >= 4 is 21.5 Å². The predicted molar refractivity (Wildman–Crippen MR) is 104 cm³/mol. The summed E-state index contributed by atoms with van der Waals surface area (Å²) in [4.78, 5) is 8.36. The lowest BCUT2D eigenvalue weighted by molar-refractivity contribution is 0.192. The van der Waals surface area contributed by atoms with Gasteiger partial charge in [-0.25, -0.2) is 27.2 Å². The lowest BCUT2D eigenvalue weighted by Crippen LogP contribution is -2.34. The molecule has 0 bridgehead atoms. The summed E-state index contributed by atoms with van der Waals surface area (Å²) in [6.07, 6.45) is 4.62. The monoisotopic (exact) mass is 402 g/mol. The van der Waals surface area contributed by atoms with E-state index in [9.17, 15) is 13.5 Å².